The molecule has 4 aliphatic carbocycles. The topological polar surface area (TPSA) is 59.6 Å². The zero-order chi connectivity index (χ0) is 11.6. The molecule has 0 unspecified atom stereocenters. The Labute approximate surface area is 106 Å². The van der Waals surface area contributed by atoms with E-state index in [0.717, 1.165) is 23.7 Å². The van der Waals surface area contributed by atoms with Gasteiger partial charge in [-0.2, -0.15) is 0 Å². The van der Waals surface area contributed by atoms with Crippen molar-refractivity contribution in [1.82, 2.24) is 14.8 Å². The van der Waals surface area contributed by atoms with Gasteiger partial charge in [-0.15, -0.1) is 5.10 Å². The molecule has 17 heavy (non-hydrogen) atoms. The van der Waals surface area contributed by atoms with Gasteiger partial charge < -0.3 is 5.73 Å². The molecule has 4 nitrogen and oxygen atoms in total. The highest BCUT2D eigenvalue weighted by Crippen LogP contribution is 2.58. The summed E-state index contributed by atoms with van der Waals surface area (Å²) in [6.45, 7) is 0. The van der Waals surface area contributed by atoms with Crippen LogP contribution in [0.1, 0.15) is 38.1 Å². The first-order valence-electron chi connectivity index (χ1n) is 6.64. The van der Waals surface area contributed by atoms with Gasteiger partial charge in [0.1, 0.15) is 0 Å². The molecule has 4 fully saturated rings. The molecule has 0 radical (unpaired) electrons. The molecule has 4 aliphatic rings. The second-order valence-electron chi connectivity index (χ2n) is 6.18. The summed E-state index contributed by atoms with van der Waals surface area (Å²) in [4.78, 5) is 0. The maximum Gasteiger partial charge on any atom is 0.220 e. The van der Waals surface area contributed by atoms with E-state index in [2.05, 4.69) is 14.8 Å². The fourth-order valence-corrected chi connectivity index (χ4v) is 5.18. The number of hydrogen-bond acceptors (Lipinski definition) is 3. The summed E-state index contributed by atoms with van der Waals surface area (Å²) in [6.07, 6.45) is 6.99. The molecule has 0 atom stereocenters. The Kier molecular flexibility index (Phi) is 1.99. The predicted molar refractivity (Wildman–Crippen MR) is 67.9 cm³/mol. The lowest BCUT2D eigenvalue weighted by Gasteiger charge is -2.54. The Balaban J connectivity index is 1.78. The number of H-pyrrole nitrogens is 1. The molecule has 92 valence electrons. The fraction of sp³-hybridized carbons (Fsp3) is 0.833. The van der Waals surface area contributed by atoms with E-state index in [-0.39, 0.29) is 0 Å². The summed E-state index contributed by atoms with van der Waals surface area (Å²) in [5.41, 5.74) is 5.98. The lowest BCUT2D eigenvalue weighted by Crippen LogP contribution is -2.46. The number of rotatable bonds is 1. The lowest BCUT2D eigenvalue weighted by atomic mass is 9.54. The summed E-state index contributed by atoms with van der Waals surface area (Å²) in [5.74, 6) is 4.12. The largest absolute Gasteiger partial charge is 0.368 e. The third kappa shape index (κ3) is 1.35. The second-order valence-corrected chi connectivity index (χ2v) is 6.56. The molecule has 0 saturated heterocycles. The molecule has 3 N–H and O–H groups in total. The Morgan fingerprint density at radius 3 is 2.18 bits per heavy atom. The van der Waals surface area contributed by atoms with Crippen LogP contribution in [0.15, 0.2) is 0 Å². The van der Waals surface area contributed by atoms with Crippen LogP contribution in [0.5, 0.6) is 0 Å². The predicted octanol–water partition coefficient (Wildman–Crippen LogP) is 2.52. The number of nitrogens with zero attached hydrogens (tertiary/aromatic N) is 2. The van der Waals surface area contributed by atoms with Gasteiger partial charge in [0.15, 0.2) is 4.77 Å². The fourth-order valence-electron chi connectivity index (χ4n) is 4.92. The van der Waals surface area contributed by atoms with E-state index in [0.29, 0.717) is 16.8 Å². The second kappa shape index (κ2) is 3.34. The van der Waals surface area contributed by atoms with E-state index in [1.165, 1.54) is 32.1 Å². The van der Waals surface area contributed by atoms with Crippen molar-refractivity contribution in [3.8, 4) is 0 Å². The molecule has 0 aromatic carbocycles. The maximum atomic E-state index is 5.98. The highest BCUT2D eigenvalue weighted by atomic mass is 32.1. The van der Waals surface area contributed by atoms with Crippen LogP contribution in [-0.2, 0) is 0 Å². The molecule has 1 heterocycles. The Hall–Kier alpha value is -0.840. The number of hydrogen-bond donors (Lipinski definition) is 2. The van der Waals surface area contributed by atoms with Gasteiger partial charge in [-0.3, -0.25) is 4.57 Å². The minimum absolute atomic E-state index is 0.522. The standard InChI is InChI=1S/C12H18N4S/c13-11-14-15-12(17)16(11)10-8-2-6-1-7(4-8)5-9(10)3-6/h6-10H,1-5H2,(H2,13,14)(H,15,17). The maximum absolute atomic E-state index is 5.98. The first-order chi connectivity index (χ1) is 8.22. The third-order valence-corrected chi connectivity index (χ3v) is 5.49. The highest BCUT2D eigenvalue weighted by Gasteiger charge is 2.49. The minimum atomic E-state index is 0.522. The van der Waals surface area contributed by atoms with Gasteiger partial charge in [-0.05, 0) is 68.0 Å². The minimum Gasteiger partial charge on any atom is -0.368 e. The molecule has 0 aliphatic heterocycles. The van der Waals surface area contributed by atoms with Crippen LogP contribution in [0.2, 0.25) is 0 Å². The van der Waals surface area contributed by atoms with E-state index in [4.69, 9.17) is 18.0 Å². The summed E-state index contributed by atoms with van der Waals surface area (Å²) in [6, 6.07) is 0.522. The van der Waals surface area contributed by atoms with E-state index in [1.807, 2.05) is 0 Å². The summed E-state index contributed by atoms with van der Waals surface area (Å²) in [5, 5.41) is 6.91. The normalized spacial score (nSPS) is 43.2. The van der Waals surface area contributed by atoms with Crippen molar-refractivity contribution in [2.45, 2.75) is 38.1 Å². The van der Waals surface area contributed by atoms with Crippen LogP contribution in [0.4, 0.5) is 5.95 Å². The van der Waals surface area contributed by atoms with Crippen LogP contribution >= 0.6 is 12.2 Å². The van der Waals surface area contributed by atoms with Gasteiger partial charge in [-0.25, -0.2) is 5.10 Å². The SMILES string of the molecule is Nc1n[nH]c(=S)n1C1C2CC3CC(C2)CC1C3. The number of aromatic amines is 1. The van der Waals surface area contributed by atoms with Crippen molar-refractivity contribution in [2.75, 3.05) is 5.73 Å². The molecule has 1 aromatic rings. The van der Waals surface area contributed by atoms with Crippen molar-refractivity contribution in [2.24, 2.45) is 23.7 Å². The van der Waals surface area contributed by atoms with Gasteiger partial charge in [0.25, 0.3) is 0 Å². The van der Waals surface area contributed by atoms with Gasteiger partial charge in [0, 0.05) is 6.04 Å². The number of aromatic nitrogens is 3. The zero-order valence-electron chi connectivity index (χ0n) is 9.80. The molecule has 4 saturated carbocycles. The first-order valence-corrected chi connectivity index (χ1v) is 7.05. The number of nitrogens with two attached hydrogens (primary N) is 1. The average molecular weight is 250 g/mol. The lowest BCUT2D eigenvalue weighted by molar-refractivity contribution is -0.0289. The third-order valence-electron chi connectivity index (χ3n) is 5.21. The molecule has 5 rings (SSSR count). The van der Waals surface area contributed by atoms with Crippen LogP contribution in [-0.4, -0.2) is 14.8 Å². The molecule has 1 aromatic heterocycles. The Morgan fingerprint density at radius 2 is 1.71 bits per heavy atom. The molecule has 5 heteroatoms. The highest BCUT2D eigenvalue weighted by molar-refractivity contribution is 7.71. The summed E-state index contributed by atoms with van der Waals surface area (Å²) in [7, 11) is 0. The van der Waals surface area contributed by atoms with Crippen molar-refractivity contribution >= 4 is 18.2 Å². The van der Waals surface area contributed by atoms with Gasteiger partial charge >= 0.3 is 0 Å². The quantitative estimate of drug-likeness (QED) is 0.753. The van der Waals surface area contributed by atoms with Crippen molar-refractivity contribution in [3.63, 3.8) is 0 Å². The van der Waals surface area contributed by atoms with Crippen LogP contribution in [0, 0.1) is 28.4 Å². The van der Waals surface area contributed by atoms with Gasteiger partial charge in [-0.1, -0.05) is 0 Å². The Bertz CT molecular complexity index is 475. The number of anilines is 1. The van der Waals surface area contributed by atoms with Crippen LogP contribution in [0.3, 0.4) is 0 Å². The molecule has 4 bridgehead atoms. The van der Waals surface area contributed by atoms with Crippen molar-refractivity contribution < 1.29 is 0 Å². The molecular formula is C12H18N4S. The van der Waals surface area contributed by atoms with E-state index in [9.17, 15) is 0 Å². The molecule has 0 spiro atoms. The van der Waals surface area contributed by atoms with Crippen molar-refractivity contribution in [3.05, 3.63) is 4.77 Å². The summed E-state index contributed by atoms with van der Waals surface area (Å²) >= 11 is 5.34. The van der Waals surface area contributed by atoms with Crippen molar-refractivity contribution in [1.29, 1.82) is 0 Å². The monoisotopic (exact) mass is 250 g/mol. The summed E-state index contributed by atoms with van der Waals surface area (Å²) < 4.78 is 2.81. The first kappa shape index (κ1) is 10.1. The van der Waals surface area contributed by atoms with E-state index >= 15 is 0 Å². The zero-order valence-corrected chi connectivity index (χ0v) is 10.6. The Morgan fingerprint density at radius 1 is 1.12 bits per heavy atom. The van der Waals surface area contributed by atoms with Crippen LogP contribution in [0.25, 0.3) is 0 Å². The van der Waals surface area contributed by atoms with Crippen LogP contribution < -0.4 is 5.73 Å². The van der Waals surface area contributed by atoms with E-state index in [1.54, 1.807) is 0 Å². The average Bonchev–Trinajstić information content (AvgIpc) is 2.59. The molecular weight excluding hydrogens is 232 g/mol. The number of nitrogens with one attached hydrogen (secondary N) is 1. The van der Waals surface area contributed by atoms with Gasteiger partial charge in [0.2, 0.25) is 5.95 Å². The smallest absolute Gasteiger partial charge is 0.220 e. The van der Waals surface area contributed by atoms with E-state index < -0.39 is 0 Å². The number of nitrogen functional groups attached to an aromatic ring is 1. The van der Waals surface area contributed by atoms with Gasteiger partial charge in [0.05, 0.1) is 0 Å². The molecule has 0 amide bonds.